The van der Waals surface area contributed by atoms with E-state index in [-0.39, 0.29) is 12.0 Å². The zero-order valence-electron chi connectivity index (χ0n) is 17.1. The number of benzene rings is 1. The summed E-state index contributed by atoms with van der Waals surface area (Å²) in [5.74, 6) is 0.947. The maximum atomic E-state index is 13.3. The van der Waals surface area contributed by atoms with E-state index in [0.29, 0.717) is 46.6 Å². The standard InChI is InChI=1S/C22H25ClN4O3/c1-12-20(23)13(2)26-21(25-12)15-10-27(11-16(15)24)22(29)14-6-3-4-8-18(14)30-19-9-5-7-17(19)28/h3-4,6,8,17,19,28H,5,7,9-11,24H2,1-2H3/p+1/t17-,19-/m0/s1. The highest BCUT2D eigenvalue weighted by Gasteiger charge is 2.33. The van der Waals surface area contributed by atoms with E-state index in [9.17, 15) is 9.90 Å². The smallest absolute Gasteiger partial charge is 0.328 e. The molecule has 2 heterocycles. The van der Waals surface area contributed by atoms with Crippen molar-refractivity contribution in [3.8, 4) is 5.75 Å². The van der Waals surface area contributed by atoms with Crippen molar-refractivity contribution in [2.75, 3.05) is 13.1 Å². The highest BCUT2D eigenvalue weighted by Crippen LogP contribution is 2.30. The van der Waals surface area contributed by atoms with Crippen LogP contribution in [0.25, 0.3) is 5.57 Å². The van der Waals surface area contributed by atoms with Gasteiger partial charge in [0.25, 0.3) is 5.91 Å². The quantitative estimate of drug-likeness (QED) is 0.776. The minimum absolute atomic E-state index is 0.168. The number of hydrogen-bond acceptors (Lipinski definition) is 5. The van der Waals surface area contributed by atoms with Gasteiger partial charge in [0.05, 0.1) is 30.3 Å². The molecule has 1 fully saturated rings. The topological polar surface area (TPSA) is 103 Å². The number of aliphatic hydroxyl groups is 1. The molecule has 158 valence electrons. The summed E-state index contributed by atoms with van der Waals surface area (Å²) in [5.41, 5.74) is 9.63. The van der Waals surface area contributed by atoms with E-state index in [1.54, 1.807) is 23.1 Å². The van der Waals surface area contributed by atoms with E-state index in [1.165, 1.54) is 0 Å². The molecule has 0 bridgehead atoms. The fourth-order valence-corrected chi connectivity index (χ4v) is 4.12. The molecule has 1 aliphatic heterocycles. The molecular formula is C22H26ClN4O3+. The van der Waals surface area contributed by atoms with Crippen LogP contribution in [0, 0.1) is 13.8 Å². The van der Waals surface area contributed by atoms with Crippen LogP contribution >= 0.6 is 11.6 Å². The number of ether oxygens (including phenoxy) is 1. The molecule has 2 aromatic rings. The van der Waals surface area contributed by atoms with Gasteiger partial charge in [-0.05, 0) is 43.3 Å². The number of amides is 1. The molecular weight excluding hydrogens is 404 g/mol. The van der Waals surface area contributed by atoms with Gasteiger partial charge in [0.15, 0.2) is 5.69 Å². The van der Waals surface area contributed by atoms with Gasteiger partial charge in [-0.1, -0.05) is 23.7 Å². The van der Waals surface area contributed by atoms with Crippen LogP contribution in [0.5, 0.6) is 5.75 Å². The van der Waals surface area contributed by atoms with E-state index >= 15 is 0 Å². The Morgan fingerprint density at radius 3 is 2.77 bits per heavy atom. The second-order valence-corrected chi connectivity index (χ2v) is 8.30. The number of H-pyrrole nitrogens is 1. The number of hydrogen-bond donors (Lipinski definition) is 2. The van der Waals surface area contributed by atoms with Crippen molar-refractivity contribution in [2.45, 2.75) is 45.3 Å². The van der Waals surface area contributed by atoms with Crippen LogP contribution in [0.1, 0.15) is 46.8 Å². The van der Waals surface area contributed by atoms with Crippen LogP contribution in [-0.4, -0.2) is 46.2 Å². The van der Waals surface area contributed by atoms with Crippen LogP contribution in [0.2, 0.25) is 5.02 Å². The fourth-order valence-electron chi connectivity index (χ4n) is 4.03. The Morgan fingerprint density at radius 1 is 1.30 bits per heavy atom. The summed E-state index contributed by atoms with van der Waals surface area (Å²) >= 11 is 6.21. The number of carbonyl (C=O) groups is 1. The van der Waals surface area contributed by atoms with Gasteiger partial charge in [-0.15, -0.1) is 0 Å². The summed E-state index contributed by atoms with van der Waals surface area (Å²) in [6, 6.07) is 7.15. The molecule has 2 atom stereocenters. The van der Waals surface area contributed by atoms with Crippen molar-refractivity contribution in [2.24, 2.45) is 5.73 Å². The fraction of sp³-hybridized carbons (Fsp3) is 0.409. The predicted molar refractivity (Wildman–Crippen MR) is 113 cm³/mol. The van der Waals surface area contributed by atoms with Crippen molar-refractivity contribution in [3.05, 3.63) is 57.8 Å². The summed E-state index contributed by atoms with van der Waals surface area (Å²) in [5, 5.41) is 10.7. The first-order valence-corrected chi connectivity index (χ1v) is 10.5. The molecule has 8 heteroatoms. The molecule has 1 aliphatic carbocycles. The van der Waals surface area contributed by atoms with Gasteiger partial charge in [-0.3, -0.25) is 4.79 Å². The molecule has 7 nitrogen and oxygen atoms in total. The third-order valence-corrected chi connectivity index (χ3v) is 6.27. The monoisotopic (exact) mass is 429 g/mol. The molecule has 4 N–H and O–H groups in total. The first-order valence-electron chi connectivity index (χ1n) is 10.1. The number of carbonyl (C=O) groups excluding carboxylic acids is 1. The summed E-state index contributed by atoms with van der Waals surface area (Å²) in [7, 11) is 0. The Labute approximate surface area is 180 Å². The largest absolute Gasteiger partial charge is 0.487 e. The summed E-state index contributed by atoms with van der Waals surface area (Å²) in [6.07, 6.45) is 1.64. The second kappa shape index (κ2) is 8.24. The SMILES string of the molecule is Cc1nc(C2=C(N)CN(C(=O)c3ccccc3O[C@H]3CCC[C@@H]3O)C2)[nH+]c(C)c1Cl. The van der Waals surface area contributed by atoms with Crippen molar-refractivity contribution in [1.29, 1.82) is 0 Å². The molecule has 4 rings (SSSR count). The molecule has 1 amide bonds. The molecule has 1 saturated carbocycles. The molecule has 0 saturated heterocycles. The second-order valence-electron chi connectivity index (χ2n) is 7.93. The van der Waals surface area contributed by atoms with Gasteiger partial charge in [0, 0.05) is 12.6 Å². The van der Waals surface area contributed by atoms with E-state index in [0.717, 1.165) is 30.5 Å². The first-order chi connectivity index (χ1) is 14.3. The molecule has 0 radical (unpaired) electrons. The van der Waals surface area contributed by atoms with E-state index in [2.05, 4.69) is 9.97 Å². The third-order valence-electron chi connectivity index (χ3n) is 5.72. The van der Waals surface area contributed by atoms with Gasteiger partial charge in [0.2, 0.25) is 0 Å². The molecule has 1 aromatic heterocycles. The third kappa shape index (κ3) is 3.87. The average Bonchev–Trinajstić information content (AvgIpc) is 3.31. The van der Waals surface area contributed by atoms with Crippen molar-refractivity contribution in [1.82, 2.24) is 9.88 Å². The van der Waals surface area contributed by atoms with Crippen molar-refractivity contribution in [3.63, 3.8) is 0 Å². The highest BCUT2D eigenvalue weighted by molar-refractivity contribution is 6.31. The summed E-state index contributed by atoms with van der Waals surface area (Å²) in [4.78, 5) is 22.6. The number of aromatic amines is 1. The number of halogens is 1. The van der Waals surface area contributed by atoms with Crippen LogP contribution in [0.3, 0.4) is 0 Å². The number of nitrogens with one attached hydrogen (secondary N) is 1. The first kappa shape index (κ1) is 20.6. The van der Waals surface area contributed by atoms with Crippen LogP contribution in [0.4, 0.5) is 0 Å². The number of aryl methyl sites for hydroxylation is 2. The lowest BCUT2D eigenvalue weighted by Gasteiger charge is -2.22. The van der Waals surface area contributed by atoms with Crippen LogP contribution in [-0.2, 0) is 0 Å². The van der Waals surface area contributed by atoms with Gasteiger partial charge in [-0.25, -0.2) is 4.98 Å². The van der Waals surface area contributed by atoms with Crippen LogP contribution in [0.15, 0.2) is 30.0 Å². The normalized spacial score (nSPS) is 21.4. The van der Waals surface area contributed by atoms with Crippen molar-refractivity contribution >= 4 is 23.1 Å². The number of nitrogens with two attached hydrogens (primary N) is 1. The number of nitrogens with zero attached hydrogens (tertiary/aromatic N) is 2. The maximum absolute atomic E-state index is 13.3. The zero-order valence-corrected chi connectivity index (χ0v) is 17.9. The number of para-hydroxylation sites is 1. The lowest BCUT2D eigenvalue weighted by atomic mass is 10.1. The van der Waals surface area contributed by atoms with Gasteiger partial charge < -0.3 is 20.5 Å². The minimum atomic E-state index is -0.498. The Balaban J connectivity index is 1.55. The maximum Gasteiger partial charge on any atom is 0.328 e. The number of aromatic nitrogens is 2. The Morgan fingerprint density at radius 2 is 2.07 bits per heavy atom. The predicted octanol–water partition coefficient (Wildman–Crippen LogP) is 2.28. The van der Waals surface area contributed by atoms with Gasteiger partial charge in [0.1, 0.15) is 22.6 Å². The Kier molecular flexibility index (Phi) is 5.66. The Bertz CT molecular complexity index is 1000. The number of rotatable bonds is 4. The zero-order chi connectivity index (χ0) is 21.4. The summed E-state index contributed by atoms with van der Waals surface area (Å²) < 4.78 is 6.01. The number of aliphatic hydroxyl groups excluding tert-OH is 1. The molecule has 0 unspecified atom stereocenters. The van der Waals surface area contributed by atoms with Gasteiger partial charge >= 0.3 is 5.82 Å². The Hall–Kier alpha value is -2.64. The molecule has 1 aromatic carbocycles. The lowest BCUT2D eigenvalue weighted by molar-refractivity contribution is -0.396. The minimum Gasteiger partial charge on any atom is -0.487 e. The van der Waals surface area contributed by atoms with Crippen LogP contribution < -0.4 is 15.5 Å². The van der Waals surface area contributed by atoms with E-state index in [1.807, 2.05) is 19.9 Å². The van der Waals surface area contributed by atoms with E-state index < -0.39 is 6.10 Å². The van der Waals surface area contributed by atoms with Crippen molar-refractivity contribution < 1.29 is 19.6 Å². The molecule has 2 aliphatic rings. The lowest BCUT2D eigenvalue weighted by Crippen LogP contribution is -2.32. The summed E-state index contributed by atoms with van der Waals surface area (Å²) in [6.45, 7) is 4.37. The molecule has 0 spiro atoms. The van der Waals surface area contributed by atoms with E-state index in [4.69, 9.17) is 22.1 Å². The molecule has 30 heavy (non-hydrogen) atoms. The van der Waals surface area contributed by atoms with Gasteiger partial charge in [-0.2, -0.15) is 0 Å². The average molecular weight is 430 g/mol. The highest BCUT2D eigenvalue weighted by atomic mass is 35.5.